The lowest BCUT2D eigenvalue weighted by Gasteiger charge is -2.34. The number of likely N-dealkylation sites (N-methyl/N-ethyl adjacent to an activating group) is 1. The number of rotatable bonds is 11. The summed E-state index contributed by atoms with van der Waals surface area (Å²) in [5, 5.41) is 6.55. The van der Waals surface area contributed by atoms with E-state index in [1.807, 2.05) is 60.7 Å². The Kier molecular flexibility index (Phi) is 9.38. The Morgan fingerprint density at radius 2 is 1.59 bits per heavy atom. The summed E-state index contributed by atoms with van der Waals surface area (Å²) >= 11 is 0. The molecule has 54 heavy (non-hydrogen) atoms. The molecule has 3 aliphatic heterocycles. The van der Waals surface area contributed by atoms with E-state index < -0.39 is 5.82 Å². The third-order valence-corrected chi connectivity index (χ3v) is 11.1. The van der Waals surface area contributed by atoms with Gasteiger partial charge in [-0.2, -0.15) is 9.97 Å². The largest absolute Gasteiger partial charge is 0.497 e. The van der Waals surface area contributed by atoms with Crippen molar-refractivity contribution >= 4 is 27.5 Å². The number of piperazine rings is 1. The van der Waals surface area contributed by atoms with Crippen molar-refractivity contribution in [3.05, 3.63) is 108 Å². The summed E-state index contributed by atoms with van der Waals surface area (Å²) in [5.74, 6) is 2.01. The molecule has 0 aliphatic carbocycles. The van der Waals surface area contributed by atoms with E-state index in [1.165, 1.54) is 6.07 Å². The van der Waals surface area contributed by atoms with Crippen LogP contribution in [-0.4, -0.2) is 73.4 Å². The smallest absolute Gasteiger partial charge is 0.319 e. The molecule has 0 radical (unpaired) electrons. The molecule has 9 rings (SSSR count). The van der Waals surface area contributed by atoms with E-state index in [9.17, 15) is 0 Å². The van der Waals surface area contributed by atoms with Crippen molar-refractivity contribution in [1.82, 2.24) is 20.2 Å². The summed E-state index contributed by atoms with van der Waals surface area (Å²) in [7, 11) is 3.70. The second-order valence-electron chi connectivity index (χ2n) is 14.7. The van der Waals surface area contributed by atoms with Crippen LogP contribution in [0.15, 0.2) is 97.1 Å². The highest BCUT2D eigenvalue weighted by molar-refractivity contribution is 6.03. The Balaban J connectivity index is 1.22. The number of fused-ring (bicyclic) bond motifs is 4. The Hall–Kier alpha value is -5.45. The second-order valence-corrected chi connectivity index (χ2v) is 14.7. The van der Waals surface area contributed by atoms with Crippen LogP contribution >= 0.6 is 0 Å². The molecule has 0 unspecified atom stereocenters. The van der Waals surface area contributed by atoms with E-state index in [0.29, 0.717) is 60.1 Å². The molecule has 3 saturated heterocycles. The number of nitrogens with zero attached hydrogens (tertiary/aromatic N) is 4. The molecule has 1 N–H and O–H groups in total. The summed E-state index contributed by atoms with van der Waals surface area (Å²) in [6, 6.07) is 32.3. The lowest BCUT2D eigenvalue weighted by atomic mass is 9.95. The minimum atomic E-state index is -0.498. The molecule has 0 amide bonds. The number of halogens is 1. The zero-order chi connectivity index (χ0) is 36.6. The number of likely N-dealkylation sites (tertiary alicyclic amines) is 1. The summed E-state index contributed by atoms with van der Waals surface area (Å²) in [6.45, 7) is 3.63. The third-order valence-electron chi connectivity index (χ3n) is 11.1. The summed E-state index contributed by atoms with van der Waals surface area (Å²) < 4.78 is 40.4. The summed E-state index contributed by atoms with van der Waals surface area (Å²) in [4.78, 5) is 14.8. The van der Waals surface area contributed by atoms with Crippen LogP contribution in [0.5, 0.6) is 29.0 Å². The van der Waals surface area contributed by atoms with Crippen LogP contribution < -0.4 is 29.2 Å². The molecule has 5 aromatic carbocycles. The molecule has 3 atom stereocenters. The highest BCUT2D eigenvalue weighted by Gasteiger charge is 2.34. The van der Waals surface area contributed by atoms with Gasteiger partial charge in [-0.3, -0.25) is 0 Å². The Bertz CT molecular complexity index is 2290. The molecule has 6 aromatic rings. The van der Waals surface area contributed by atoms with Crippen molar-refractivity contribution in [2.75, 3.05) is 45.3 Å². The number of aromatic nitrogens is 2. The lowest BCUT2D eigenvalue weighted by molar-refractivity contribution is 0.188. The molecule has 4 heterocycles. The van der Waals surface area contributed by atoms with E-state index in [4.69, 9.17) is 28.9 Å². The van der Waals surface area contributed by atoms with Gasteiger partial charge in [-0.15, -0.1) is 0 Å². The van der Waals surface area contributed by atoms with Gasteiger partial charge in [0.25, 0.3) is 0 Å². The van der Waals surface area contributed by atoms with Crippen LogP contribution in [0.4, 0.5) is 10.2 Å². The quantitative estimate of drug-likeness (QED) is 0.142. The van der Waals surface area contributed by atoms with E-state index in [0.717, 1.165) is 84.0 Å². The number of nitrogens with one attached hydrogen (secondary N) is 1. The highest BCUT2D eigenvalue weighted by atomic mass is 19.1. The van der Waals surface area contributed by atoms with Gasteiger partial charge in [0.15, 0.2) is 11.6 Å². The number of hydrogen-bond donors (Lipinski definition) is 1. The van der Waals surface area contributed by atoms with E-state index in [2.05, 4.69) is 40.4 Å². The predicted molar refractivity (Wildman–Crippen MR) is 210 cm³/mol. The molecule has 0 spiro atoms. The maximum atomic E-state index is 15.5. The van der Waals surface area contributed by atoms with Gasteiger partial charge in [-0.05, 0) is 97.6 Å². The van der Waals surface area contributed by atoms with Gasteiger partial charge in [0.05, 0.1) is 12.6 Å². The molecule has 10 heteroatoms. The first-order valence-electron chi connectivity index (χ1n) is 18.9. The molecular weight excluding hydrogens is 682 g/mol. The van der Waals surface area contributed by atoms with Crippen LogP contribution in [0.25, 0.3) is 32.8 Å². The van der Waals surface area contributed by atoms with Crippen molar-refractivity contribution < 1.29 is 23.3 Å². The zero-order valence-corrected chi connectivity index (χ0v) is 30.6. The molecule has 0 saturated carbocycles. The molecule has 276 valence electrons. The number of anilines is 1. The first-order valence-corrected chi connectivity index (χ1v) is 18.9. The highest BCUT2D eigenvalue weighted by Crippen LogP contribution is 2.44. The fourth-order valence-electron chi connectivity index (χ4n) is 8.19. The van der Waals surface area contributed by atoms with Gasteiger partial charge in [0.1, 0.15) is 36.3 Å². The van der Waals surface area contributed by atoms with Gasteiger partial charge in [-0.25, -0.2) is 4.39 Å². The van der Waals surface area contributed by atoms with Crippen molar-refractivity contribution in [2.45, 2.75) is 50.4 Å². The monoisotopic (exact) mass is 725 g/mol. The van der Waals surface area contributed by atoms with Crippen molar-refractivity contribution in [1.29, 1.82) is 0 Å². The number of benzene rings is 5. The number of ether oxygens (including phenoxy) is 4. The SMILES string of the molecule is COc1ccc(F)c(Oc2cc3c(N4C[C@H]5CC[C@@H](C4)N5)nc(OC[C@@H]4CCCN4C)nc3cc2-c2cc(OCc3ccccc3)cc3ccccc23)c1. The standard InChI is InChI=1S/C44H44FN5O4/c1-49-18-8-12-32(49)27-53-44-47-40-22-37(36-20-34(19-29-11-6-7-13-35(29)36)52-26-28-9-4-3-5-10-28)41(54-42-21-33(51-2)16-17-39(42)45)23-38(40)43(48-44)50-24-30-14-15-31(25-50)46-30/h3-7,9-11,13,16-17,19-23,30-32,46H,8,12,14-15,18,24-27H2,1-2H3/t30-,31+,32-/m0/s1. The molecule has 3 fully saturated rings. The number of methoxy groups -OCH3 is 1. The first-order chi connectivity index (χ1) is 26.5. The van der Waals surface area contributed by atoms with Crippen LogP contribution in [-0.2, 0) is 6.61 Å². The molecule has 2 bridgehead atoms. The van der Waals surface area contributed by atoms with Gasteiger partial charge in [-0.1, -0.05) is 54.6 Å². The second kappa shape index (κ2) is 14.8. The van der Waals surface area contributed by atoms with E-state index >= 15 is 4.39 Å². The topological polar surface area (TPSA) is 81.2 Å². The fraction of sp³-hybridized carbons (Fsp3) is 0.318. The minimum absolute atomic E-state index is 0.0547. The normalized spacial score (nSPS) is 19.8. The maximum Gasteiger partial charge on any atom is 0.319 e. The number of hydrogen-bond acceptors (Lipinski definition) is 9. The Morgan fingerprint density at radius 1 is 0.778 bits per heavy atom. The average Bonchev–Trinajstić information content (AvgIpc) is 3.78. The zero-order valence-electron chi connectivity index (χ0n) is 30.6. The maximum absolute atomic E-state index is 15.5. The fourth-order valence-corrected chi connectivity index (χ4v) is 8.19. The molecule has 9 nitrogen and oxygen atoms in total. The third kappa shape index (κ3) is 6.99. The molecule has 1 aromatic heterocycles. The minimum Gasteiger partial charge on any atom is -0.497 e. The average molecular weight is 726 g/mol. The van der Waals surface area contributed by atoms with Crippen molar-refractivity contribution in [2.24, 2.45) is 0 Å². The van der Waals surface area contributed by atoms with Gasteiger partial charge in [0.2, 0.25) is 0 Å². The summed E-state index contributed by atoms with van der Waals surface area (Å²) in [6.07, 6.45) is 4.50. The van der Waals surface area contributed by atoms with Crippen LogP contribution in [0.1, 0.15) is 31.2 Å². The van der Waals surface area contributed by atoms with E-state index in [1.54, 1.807) is 19.2 Å². The van der Waals surface area contributed by atoms with Gasteiger partial charge < -0.3 is 34.1 Å². The van der Waals surface area contributed by atoms with E-state index in [-0.39, 0.29) is 5.75 Å². The van der Waals surface area contributed by atoms with Crippen LogP contribution in [0.3, 0.4) is 0 Å². The molecule has 3 aliphatic rings. The van der Waals surface area contributed by atoms with Crippen molar-refractivity contribution in [3.8, 4) is 40.1 Å². The van der Waals surface area contributed by atoms with Crippen LogP contribution in [0, 0.1) is 5.82 Å². The molecular formula is C44H44FN5O4. The van der Waals surface area contributed by atoms with Crippen LogP contribution in [0.2, 0.25) is 0 Å². The van der Waals surface area contributed by atoms with Crippen molar-refractivity contribution in [3.63, 3.8) is 0 Å². The first kappa shape index (κ1) is 34.3. The summed E-state index contributed by atoms with van der Waals surface area (Å²) in [5.41, 5.74) is 3.38. The van der Waals surface area contributed by atoms with Gasteiger partial charge >= 0.3 is 6.01 Å². The van der Waals surface area contributed by atoms with Gasteiger partial charge in [0, 0.05) is 48.2 Å². The Labute approximate surface area is 314 Å². The predicted octanol–water partition coefficient (Wildman–Crippen LogP) is 8.38. The lowest BCUT2D eigenvalue weighted by Crippen LogP contribution is -2.51. The Morgan fingerprint density at radius 3 is 2.39 bits per heavy atom.